The van der Waals surface area contributed by atoms with Crippen LogP contribution in [0.1, 0.15) is 49.1 Å². The average molecular weight is 400 g/mol. The van der Waals surface area contributed by atoms with Gasteiger partial charge in [0.25, 0.3) is 0 Å². The summed E-state index contributed by atoms with van der Waals surface area (Å²) < 4.78 is 5.00. The average Bonchev–Trinajstić information content (AvgIpc) is 2.78. The SMILES string of the molecule is CCOC(=O)c1ccc(Nc2ccc(NC)c3c2C(=O)c2ccccc2C3=O)cc1. The second kappa shape index (κ2) is 7.83. The second-order valence-corrected chi connectivity index (χ2v) is 6.79. The fraction of sp³-hybridized carbons (Fsp3) is 0.125. The highest BCUT2D eigenvalue weighted by molar-refractivity contribution is 6.32. The quantitative estimate of drug-likeness (QED) is 0.482. The van der Waals surface area contributed by atoms with Gasteiger partial charge in [0.05, 0.1) is 29.0 Å². The standard InChI is InChI=1S/C24H20N2O4/c1-3-30-24(29)14-8-10-15(11-9-14)26-19-13-12-18(25-2)20-21(19)23(28)17-7-5-4-6-16(17)22(20)27/h4-13,25-26H,3H2,1-2H3. The van der Waals surface area contributed by atoms with Crippen molar-refractivity contribution in [3.8, 4) is 0 Å². The van der Waals surface area contributed by atoms with E-state index in [4.69, 9.17) is 4.74 Å². The molecule has 0 aliphatic heterocycles. The minimum Gasteiger partial charge on any atom is -0.462 e. The van der Waals surface area contributed by atoms with Crippen molar-refractivity contribution in [3.05, 3.63) is 88.5 Å². The highest BCUT2D eigenvalue weighted by atomic mass is 16.5. The van der Waals surface area contributed by atoms with E-state index in [9.17, 15) is 14.4 Å². The summed E-state index contributed by atoms with van der Waals surface area (Å²) in [5.41, 5.74) is 3.74. The first-order chi connectivity index (χ1) is 14.5. The number of benzene rings is 3. The predicted octanol–water partition coefficient (Wildman–Crippen LogP) is 4.42. The summed E-state index contributed by atoms with van der Waals surface area (Å²) in [4.78, 5) is 38.3. The molecular weight excluding hydrogens is 380 g/mol. The zero-order valence-corrected chi connectivity index (χ0v) is 16.6. The van der Waals surface area contributed by atoms with E-state index in [1.54, 1.807) is 74.6 Å². The van der Waals surface area contributed by atoms with Crippen LogP contribution in [0.2, 0.25) is 0 Å². The zero-order chi connectivity index (χ0) is 21.3. The van der Waals surface area contributed by atoms with E-state index in [1.165, 1.54) is 0 Å². The monoisotopic (exact) mass is 400 g/mol. The first-order valence-electron chi connectivity index (χ1n) is 9.62. The van der Waals surface area contributed by atoms with Crippen molar-refractivity contribution in [3.63, 3.8) is 0 Å². The number of rotatable bonds is 5. The number of carbonyl (C=O) groups is 3. The highest BCUT2D eigenvalue weighted by Gasteiger charge is 2.33. The van der Waals surface area contributed by atoms with Crippen LogP contribution in [-0.4, -0.2) is 31.2 Å². The zero-order valence-electron chi connectivity index (χ0n) is 16.6. The van der Waals surface area contributed by atoms with Gasteiger partial charge in [-0.05, 0) is 43.3 Å². The number of carbonyl (C=O) groups excluding carboxylic acids is 3. The maximum Gasteiger partial charge on any atom is 0.338 e. The molecule has 0 radical (unpaired) electrons. The van der Waals surface area contributed by atoms with Crippen molar-refractivity contribution in [2.75, 3.05) is 24.3 Å². The fourth-order valence-corrected chi connectivity index (χ4v) is 3.59. The third kappa shape index (κ3) is 3.22. The molecule has 0 saturated heterocycles. The summed E-state index contributed by atoms with van der Waals surface area (Å²) in [5, 5.41) is 6.22. The van der Waals surface area contributed by atoms with Crippen molar-refractivity contribution in [2.45, 2.75) is 6.92 Å². The lowest BCUT2D eigenvalue weighted by molar-refractivity contribution is 0.0526. The van der Waals surface area contributed by atoms with E-state index in [0.29, 0.717) is 51.5 Å². The first kappa shape index (κ1) is 19.4. The number of nitrogens with one attached hydrogen (secondary N) is 2. The lowest BCUT2D eigenvalue weighted by Gasteiger charge is -2.23. The van der Waals surface area contributed by atoms with Crippen molar-refractivity contribution >= 4 is 34.6 Å². The van der Waals surface area contributed by atoms with Gasteiger partial charge in [0, 0.05) is 29.5 Å². The summed E-state index contributed by atoms with van der Waals surface area (Å²) in [6.45, 7) is 2.06. The number of hydrogen-bond acceptors (Lipinski definition) is 6. The Morgan fingerprint density at radius 3 is 1.97 bits per heavy atom. The van der Waals surface area contributed by atoms with E-state index in [2.05, 4.69) is 10.6 Å². The van der Waals surface area contributed by atoms with Crippen molar-refractivity contribution in [1.82, 2.24) is 0 Å². The lowest BCUT2D eigenvalue weighted by Crippen LogP contribution is -2.23. The smallest absolute Gasteiger partial charge is 0.338 e. The van der Waals surface area contributed by atoms with Crippen LogP contribution in [-0.2, 0) is 4.74 Å². The normalized spacial score (nSPS) is 12.1. The third-order valence-electron chi connectivity index (χ3n) is 5.02. The van der Waals surface area contributed by atoms with Gasteiger partial charge in [-0.25, -0.2) is 4.79 Å². The van der Waals surface area contributed by atoms with Gasteiger partial charge in [-0.2, -0.15) is 0 Å². The van der Waals surface area contributed by atoms with Gasteiger partial charge in [0.1, 0.15) is 0 Å². The Morgan fingerprint density at radius 1 is 0.833 bits per heavy atom. The molecule has 3 aromatic carbocycles. The topological polar surface area (TPSA) is 84.5 Å². The van der Waals surface area contributed by atoms with Crippen molar-refractivity contribution < 1.29 is 19.1 Å². The van der Waals surface area contributed by atoms with E-state index >= 15 is 0 Å². The lowest BCUT2D eigenvalue weighted by atomic mass is 9.82. The molecule has 0 spiro atoms. The van der Waals surface area contributed by atoms with Gasteiger partial charge in [-0.15, -0.1) is 0 Å². The number of fused-ring (bicyclic) bond motifs is 2. The van der Waals surface area contributed by atoms with Crippen LogP contribution >= 0.6 is 0 Å². The van der Waals surface area contributed by atoms with Gasteiger partial charge < -0.3 is 15.4 Å². The number of anilines is 3. The molecule has 0 amide bonds. The molecule has 0 saturated carbocycles. The summed E-state index contributed by atoms with van der Waals surface area (Å²) in [6, 6.07) is 17.1. The largest absolute Gasteiger partial charge is 0.462 e. The van der Waals surface area contributed by atoms with E-state index in [1.807, 2.05) is 0 Å². The molecule has 1 aliphatic carbocycles. The molecule has 0 unspecified atom stereocenters. The van der Waals surface area contributed by atoms with E-state index < -0.39 is 5.97 Å². The summed E-state index contributed by atoms with van der Waals surface area (Å²) in [5.74, 6) is -0.786. The maximum atomic E-state index is 13.3. The number of ketones is 2. The van der Waals surface area contributed by atoms with Crippen LogP contribution in [0.5, 0.6) is 0 Å². The van der Waals surface area contributed by atoms with Crippen molar-refractivity contribution in [1.29, 1.82) is 0 Å². The minimum absolute atomic E-state index is 0.189. The Hall–Kier alpha value is -3.93. The third-order valence-corrected chi connectivity index (χ3v) is 5.02. The van der Waals surface area contributed by atoms with Crippen LogP contribution in [0.3, 0.4) is 0 Å². The fourth-order valence-electron chi connectivity index (χ4n) is 3.59. The Kier molecular flexibility index (Phi) is 5.06. The van der Waals surface area contributed by atoms with E-state index in [-0.39, 0.29) is 11.6 Å². The number of ether oxygens (including phenoxy) is 1. The van der Waals surface area contributed by atoms with Gasteiger partial charge in [0.15, 0.2) is 11.6 Å². The van der Waals surface area contributed by atoms with Gasteiger partial charge in [0.2, 0.25) is 0 Å². The molecule has 0 fully saturated rings. The molecule has 0 bridgehead atoms. The number of hydrogen-bond donors (Lipinski definition) is 2. The second-order valence-electron chi connectivity index (χ2n) is 6.79. The van der Waals surface area contributed by atoms with Crippen LogP contribution in [0.4, 0.5) is 17.1 Å². The molecule has 1 aliphatic rings. The van der Waals surface area contributed by atoms with Gasteiger partial charge in [-0.3, -0.25) is 9.59 Å². The van der Waals surface area contributed by atoms with Crippen LogP contribution in [0.15, 0.2) is 60.7 Å². The Bertz CT molecular complexity index is 1170. The Morgan fingerprint density at radius 2 is 1.40 bits per heavy atom. The van der Waals surface area contributed by atoms with Gasteiger partial charge in [-0.1, -0.05) is 24.3 Å². The highest BCUT2D eigenvalue weighted by Crippen LogP contribution is 2.37. The molecule has 0 aromatic heterocycles. The molecular formula is C24H20N2O4. The van der Waals surface area contributed by atoms with Crippen LogP contribution in [0, 0.1) is 0 Å². The maximum absolute atomic E-state index is 13.3. The molecule has 4 rings (SSSR count). The summed E-state index contributed by atoms with van der Waals surface area (Å²) in [7, 11) is 1.72. The molecule has 0 atom stereocenters. The summed E-state index contributed by atoms with van der Waals surface area (Å²) in [6.07, 6.45) is 0. The molecule has 30 heavy (non-hydrogen) atoms. The van der Waals surface area contributed by atoms with Gasteiger partial charge >= 0.3 is 5.97 Å². The minimum atomic E-state index is -0.391. The van der Waals surface area contributed by atoms with Crippen LogP contribution in [0.25, 0.3) is 0 Å². The van der Waals surface area contributed by atoms with Crippen molar-refractivity contribution in [2.24, 2.45) is 0 Å². The van der Waals surface area contributed by atoms with E-state index in [0.717, 1.165) is 0 Å². The Balaban J connectivity index is 1.75. The molecule has 6 heteroatoms. The van der Waals surface area contributed by atoms with Crippen LogP contribution < -0.4 is 10.6 Å². The molecule has 3 aromatic rings. The number of esters is 1. The Labute approximate surface area is 173 Å². The molecule has 150 valence electrons. The molecule has 2 N–H and O–H groups in total. The predicted molar refractivity (Wildman–Crippen MR) is 115 cm³/mol. The first-order valence-corrected chi connectivity index (χ1v) is 9.62. The molecule has 6 nitrogen and oxygen atoms in total. The molecule has 0 heterocycles. The summed E-state index contributed by atoms with van der Waals surface area (Å²) >= 11 is 0.